The number of amides is 1. The normalized spacial score (nSPS) is 13.8. The van der Waals surface area contributed by atoms with Crippen molar-refractivity contribution in [2.75, 3.05) is 38.3 Å². The molecule has 7 nitrogen and oxygen atoms in total. The fraction of sp³-hybridized carbons (Fsp3) is 0.304. The number of benzene rings is 2. The van der Waals surface area contributed by atoms with Gasteiger partial charge >= 0.3 is 0 Å². The number of carbonyl (C=O) groups excluding carboxylic acids is 1. The van der Waals surface area contributed by atoms with Crippen molar-refractivity contribution in [3.05, 3.63) is 66.1 Å². The van der Waals surface area contributed by atoms with Crippen LogP contribution in [0.5, 0.6) is 5.75 Å². The Hall–Kier alpha value is -3.39. The first-order valence-electron chi connectivity index (χ1n) is 10.2. The molecule has 2 aromatic carbocycles. The molecule has 31 heavy (non-hydrogen) atoms. The minimum Gasteiger partial charge on any atom is -0.497 e. The Balaban J connectivity index is 1.50. The maximum Gasteiger partial charge on any atom is 0.241 e. The predicted octanol–water partition coefficient (Wildman–Crippen LogP) is 2.85. The molecule has 0 atom stereocenters. The van der Waals surface area contributed by atoms with E-state index in [-0.39, 0.29) is 18.3 Å². The average molecular weight is 424 g/mol. The number of hydrogen-bond donors (Lipinski definition) is 1. The summed E-state index contributed by atoms with van der Waals surface area (Å²) in [5, 5.41) is 7.56. The van der Waals surface area contributed by atoms with Crippen LogP contribution in [0.25, 0.3) is 11.1 Å². The summed E-state index contributed by atoms with van der Waals surface area (Å²) in [6.07, 6.45) is 1.89. The highest BCUT2D eigenvalue weighted by Crippen LogP contribution is 2.31. The van der Waals surface area contributed by atoms with Crippen LogP contribution in [0.3, 0.4) is 0 Å². The Morgan fingerprint density at radius 3 is 2.52 bits per heavy atom. The van der Waals surface area contributed by atoms with Gasteiger partial charge in [-0.2, -0.15) is 5.10 Å². The number of anilines is 1. The van der Waals surface area contributed by atoms with Crippen LogP contribution >= 0.6 is 0 Å². The standard InChI is InChI=1S/C23H25FN4O3/c1-30-20-8-4-18(5-9-20)21-15-28(26-23(21)27-10-12-31-13-11-27)16-22(29)25-14-17-2-6-19(24)7-3-17/h2-9,15H,10-14,16H2,1H3,(H,25,29). The number of ether oxygens (including phenoxy) is 2. The van der Waals surface area contributed by atoms with Crippen LogP contribution in [0, 0.1) is 5.82 Å². The molecule has 1 amide bonds. The van der Waals surface area contributed by atoms with Crippen LogP contribution in [0.2, 0.25) is 0 Å². The summed E-state index contributed by atoms with van der Waals surface area (Å²) in [7, 11) is 1.64. The lowest BCUT2D eigenvalue weighted by Gasteiger charge is -2.27. The first kappa shape index (κ1) is 20.9. The molecule has 0 bridgehead atoms. The highest BCUT2D eigenvalue weighted by molar-refractivity contribution is 5.78. The number of nitrogens with zero attached hydrogens (tertiary/aromatic N) is 3. The smallest absolute Gasteiger partial charge is 0.241 e. The number of nitrogens with one attached hydrogen (secondary N) is 1. The van der Waals surface area contributed by atoms with Gasteiger partial charge in [0.1, 0.15) is 18.1 Å². The molecule has 1 aromatic heterocycles. The summed E-state index contributed by atoms with van der Waals surface area (Å²) in [6.45, 7) is 3.21. The Kier molecular flexibility index (Phi) is 6.47. The molecule has 4 rings (SSSR count). The molecular formula is C23H25FN4O3. The van der Waals surface area contributed by atoms with Gasteiger partial charge in [-0.3, -0.25) is 9.48 Å². The van der Waals surface area contributed by atoms with E-state index in [1.165, 1.54) is 12.1 Å². The van der Waals surface area contributed by atoms with E-state index in [1.54, 1.807) is 23.9 Å². The minimum absolute atomic E-state index is 0.0920. The largest absolute Gasteiger partial charge is 0.497 e. The second kappa shape index (κ2) is 9.61. The molecule has 1 aliphatic heterocycles. The zero-order valence-corrected chi connectivity index (χ0v) is 17.4. The first-order chi connectivity index (χ1) is 15.1. The Labute approximate surface area is 180 Å². The van der Waals surface area contributed by atoms with Crippen molar-refractivity contribution >= 4 is 11.7 Å². The molecular weight excluding hydrogens is 399 g/mol. The van der Waals surface area contributed by atoms with Crippen molar-refractivity contribution in [1.82, 2.24) is 15.1 Å². The fourth-order valence-electron chi connectivity index (χ4n) is 3.48. The third kappa shape index (κ3) is 5.21. The van der Waals surface area contributed by atoms with Crippen LogP contribution < -0.4 is 15.0 Å². The summed E-state index contributed by atoms with van der Waals surface area (Å²) in [4.78, 5) is 14.6. The highest BCUT2D eigenvalue weighted by atomic mass is 19.1. The number of morpholine rings is 1. The van der Waals surface area contributed by atoms with Gasteiger partial charge in [0.25, 0.3) is 0 Å². The van der Waals surface area contributed by atoms with E-state index in [0.29, 0.717) is 19.8 Å². The third-order valence-corrected chi connectivity index (χ3v) is 5.16. The van der Waals surface area contributed by atoms with Crippen LogP contribution in [0.15, 0.2) is 54.7 Å². The van der Waals surface area contributed by atoms with Crippen molar-refractivity contribution in [2.45, 2.75) is 13.1 Å². The molecule has 0 saturated carbocycles. The second-order valence-corrected chi connectivity index (χ2v) is 7.30. The lowest BCUT2D eigenvalue weighted by atomic mass is 10.1. The van der Waals surface area contributed by atoms with Crippen molar-refractivity contribution in [1.29, 1.82) is 0 Å². The number of rotatable bonds is 7. The van der Waals surface area contributed by atoms with Crippen LogP contribution in [-0.4, -0.2) is 49.1 Å². The quantitative estimate of drug-likeness (QED) is 0.632. The maximum atomic E-state index is 13.0. The molecule has 1 N–H and O–H groups in total. The Morgan fingerprint density at radius 1 is 1.13 bits per heavy atom. The van der Waals surface area contributed by atoms with Gasteiger partial charge in [0.05, 0.1) is 20.3 Å². The van der Waals surface area contributed by atoms with E-state index in [0.717, 1.165) is 41.3 Å². The van der Waals surface area contributed by atoms with Gasteiger partial charge in [0.15, 0.2) is 5.82 Å². The molecule has 2 heterocycles. The fourth-order valence-corrected chi connectivity index (χ4v) is 3.48. The number of hydrogen-bond acceptors (Lipinski definition) is 5. The van der Waals surface area contributed by atoms with E-state index < -0.39 is 0 Å². The molecule has 0 aliphatic carbocycles. The van der Waals surface area contributed by atoms with Crippen molar-refractivity contribution < 1.29 is 18.7 Å². The molecule has 0 radical (unpaired) electrons. The molecule has 1 aliphatic rings. The predicted molar refractivity (Wildman–Crippen MR) is 115 cm³/mol. The van der Waals surface area contributed by atoms with Gasteiger partial charge in [0, 0.05) is 31.4 Å². The number of halogens is 1. The van der Waals surface area contributed by atoms with E-state index in [1.807, 2.05) is 30.5 Å². The summed E-state index contributed by atoms with van der Waals surface area (Å²) < 4.78 is 25.4. The van der Waals surface area contributed by atoms with E-state index in [4.69, 9.17) is 14.6 Å². The molecule has 1 saturated heterocycles. The Morgan fingerprint density at radius 2 is 1.84 bits per heavy atom. The van der Waals surface area contributed by atoms with Gasteiger partial charge in [-0.05, 0) is 35.4 Å². The second-order valence-electron chi connectivity index (χ2n) is 7.30. The van der Waals surface area contributed by atoms with Crippen molar-refractivity contribution in [3.8, 4) is 16.9 Å². The van der Waals surface area contributed by atoms with Gasteiger partial charge < -0.3 is 19.7 Å². The maximum absolute atomic E-state index is 13.0. The summed E-state index contributed by atoms with van der Waals surface area (Å²) in [5.41, 5.74) is 2.79. The van der Waals surface area contributed by atoms with Crippen LogP contribution in [-0.2, 0) is 22.6 Å². The number of carbonyl (C=O) groups is 1. The number of aromatic nitrogens is 2. The molecule has 3 aromatic rings. The van der Waals surface area contributed by atoms with Gasteiger partial charge in [-0.25, -0.2) is 4.39 Å². The van der Waals surface area contributed by atoms with Crippen molar-refractivity contribution in [3.63, 3.8) is 0 Å². The lowest BCUT2D eigenvalue weighted by molar-refractivity contribution is -0.122. The van der Waals surface area contributed by atoms with Crippen molar-refractivity contribution in [2.24, 2.45) is 0 Å². The average Bonchev–Trinajstić information content (AvgIpc) is 3.23. The summed E-state index contributed by atoms with van der Waals surface area (Å²) >= 11 is 0. The highest BCUT2D eigenvalue weighted by Gasteiger charge is 2.20. The Bertz CT molecular complexity index is 1010. The van der Waals surface area contributed by atoms with E-state index in [2.05, 4.69) is 10.2 Å². The van der Waals surface area contributed by atoms with Crippen LogP contribution in [0.1, 0.15) is 5.56 Å². The third-order valence-electron chi connectivity index (χ3n) is 5.16. The zero-order valence-electron chi connectivity index (χ0n) is 17.4. The molecule has 1 fully saturated rings. The topological polar surface area (TPSA) is 68.6 Å². The SMILES string of the molecule is COc1ccc(-c2cn(CC(=O)NCc3ccc(F)cc3)nc2N2CCOCC2)cc1. The first-order valence-corrected chi connectivity index (χ1v) is 10.2. The van der Waals surface area contributed by atoms with E-state index >= 15 is 0 Å². The lowest BCUT2D eigenvalue weighted by Crippen LogP contribution is -2.37. The van der Waals surface area contributed by atoms with Gasteiger partial charge in [0.2, 0.25) is 5.91 Å². The van der Waals surface area contributed by atoms with E-state index in [9.17, 15) is 9.18 Å². The van der Waals surface area contributed by atoms with Gasteiger partial charge in [-0.15, -0.1) is 0 Å². The zero-order chi connectivity index (χ0) is 21.6. The molecule has 0 spiro atoms. The molecule has 162 valence electrons. The number of methoxy groups -OCH3 is 1. The monoisotopic (exact) mass is 424 g/mol. The summed E-state index contributed by atoms with van der Waals surface area (Å²) in [6, 6.07) is 13.9. The molecule has 8 heteroatoms. The molecule has 0 unspecified atom stereocenters. The minimum atomic E-state index is -0.298. The van der Waals surface area contributed by atoms with Gasteiger partial charge in [-0.1, -0.05) is 24.3 Å². The van der Waals surface area contributed by atoms with Crippen LogP contribution in [0.4, 0.5) is 10.2 Å². The summed E-state index contributed by atoms with van der Waals surface area (Å²) in [5.74, 6) is 1.15.